The molecule has 0 saturated carbocycles. The lowest BCUT2D eigenvalue weighted by Crippen LogP contribution is -2.15. The van der Waals surface area contributed by atoms with Crippen molar-refractivity contribution < 1.29 is 18.7 Å². The second-order valence-electron chi connectivity index (χ2n) is 6.39. The first-order chi connectivity index (χ1) is 13.4. The summed E-state index contributed by atoms with van der Waals surface area (Å²) < 4.78 is 16.3. The highest BCUT2D eigenvalue weighted by molar-refractivity contribution is 8.00. The summed E-state index contributed by atoms with van der Waals surface area (Å²) in [5.74, 6) is 1.59. The average Bonchev–Trinajstić information content (AvgIpc) is 3.17. The summed E-state index contributed by atoms with van der Waals surface area (Å²) in [6.45, 7) is 5.75. The Morgan fingerprint density at radius 2 is 1.79 bits per heavy atom. The molecule has 28 heavy (non-hydrogen) atoms. The average molecular weight is 398 g/mol. The zero-order valence-corrected chi connectivity index (χ0v) is 17.3. The van der Waals surface area contributed by atoms with Gasteiger partial charge in [0.2, 0.25) is 5.89 Å². The summed E-state index contributed by atoms with van der Waals surface area (Å²) in [6.07, 6.45) is 0. The van der Waals surface area contributed by atoms with Crippen molar-refractivity contribution in [3.05, 3.63) is 53.1 Å². The third-order valence-corrected chi connectivity index (χ3v) is 5.28. The Labute approximate surface area is 168 Å². The van der Waals surface area contributed by atoms with Crippen LogP contribution in [0.15, 0.2) is 46.0 Å². The Bertz CT molecular complexity index is 1000. The Balaban J connectivity index is 1.77. The zero-order chi connectivity index (χ0) is 20.3. The molecule has 0 aliphatic rings. The number of Topliss-reactive ketones (excluding diaryl/α,β-unsaturated/α-hetero) is 1. The van der Waals surface area contributed by atoms with E-state index in [0.29, 0.717) is 28.2 Å². The van der Waals surface area contributed by atoms with Crippen LogP contribution in [0.5, 0.6) is 11.5 Å². The van der Waals surface area contributed by atoms with Gasteiger partial charge in [-0.3, -0.25) is 4.79 Å². The summed E-state index contributed by atoms with van der Waals surface area (Å²) in [4.78, 5) is 12.8. The van der Waals surface area contributed by atoms with Gasteiger partial charge in [-0.1, -0.05) is 29.5 Å². The van der Waals surface area contributed by atoms with Crippen LogP contribution < -0.4 is 9.47 Å². The number of ether oxygens (including phenoxy) is 2. The quantitative estimate of drug-likeness (QED) is 0.420. The first-order valence-corrected chi connectivity index (χ1v) is 9.65. The lowest BCUT2D eigenvalue weighted by atomic mass is 10.0. The van der Waals surface area contributed by atoms with Gasteiger partial charge in [0, 0.05) is 11.1 Å². The molecule has 0 spiro atoms. The number of thioether (sulfide) groups is 1. The van der Waals surface area contributed by atoms with Crippen LogP contribution in [-0.4, -0.2) is 35.5 Å². The predicted molar refractivity (Wildman–Crippen MR) is 108 cm³/mol. The standard InChI is InChI=1S/C21H22N2O4S/c1-12-6-7-13(2)16(10-12)19(24)14(3)28-21-23-22-20(27-21)15-8-9-17(25-4)18(11-15)26-5/h6-11,14H,1-5H3. The molecule has 0 bridgehead atoms. The summed E-state index contributed by atoms with van der Waals surface area (Å²) in [7, 11) is 3.14. The fourth-order valence-corrected chi connectivity index (χ4v) is 3.52. The molecule has 3 aromatic rings. The van der Waals surface area contributed by atoms with Crippen molar-refractivity contribution in [2.24, 2.45) is 0 Å². The van der Waals surface area contributed by atoms with E-state index in [-0.39, 0.29) is 11.0 Å². The molecular weight excluding hydrogens is 376 g/mol. The Morgan fingerprint density at radius 1 is 1.04 bits per heavy atom. The van der Waals surface area contributed by atoms with E-state index < -0.39 is 0 Å². The van der Waals surface area contributed by atoms with Gasteiger partial charge in [-0.2, -0.15) is 0 Å². The van der Waals surface area contributed by atoms with Crippen LogP contribution in [0.1, 0.15) is 28.4 Å². The number of benzene rings is 2. The van der Waals surface area contributed by atoms with E-state index in [2.05, 4.69) is 10.2 Å². The maximum Gasteiger partial charge on any atom is 0.277 e. The molecule has 0 amide bonds. The number of hydrogen-bond donors (Lipinski definition) is 0. The Hall–Kier alpha value is -2.80. The summed E-state index contributed by atoms with van der Waals surface area (Å²) >= 11 is 1.25. The van der Waals surface area contributed by atoms with Gasteiger partial charge in [0.15, 0.2) is 17.3 Å². The highest BCUT2D eigenvalue weighted by Gasteiger charge is 2.22. The highest BCUT2D eigenvalue weighted by Crippen LogP contribution is 2.33. The summed E-state index contributed by atoms with van der Waals surface area (Å²) in [6, 6.07) is 11.2. The van der Waals surface area contributed by atoms with E-state index in [1.165, 1.54) is 11.8 Å². The van der Waals surface area contributed by atoms with Crippen molar-refractivity contribution in [1.82, 2.24) is 10.2 Å². The van der Waals surface area contributed by atoms with E-state index in [0.717, 1.165) is 16.7 Å². The topological polar surface area (TPSA) is 74.5 Å². The first kappa shape index (κ1) is 19.9. The molecule has 7 heteroatoms. The highest BCUT2D eigenvalue weighted by atomic mass is 32.2. The van der Waals surface area contributed by atoms with Crippen LogP contribution >= 0.6 is 11.8 Å². The van der Waals surface area contributed by atoms with Crippen LogP contribution in [-0.2, 0) is 0 Å². The Morgan fingerprint density at radius 3 is 2.50 bits per heavy atom. The second kappa shape index (κ2) is 8.48. The van der Waals surface area contributed by atoms with E-state index in [4.69, 9.17) is 13.9 Å². The van der Waals surface area contributed by atoms with E-state index in [1.54, 1.807) is 26.4 Å². The Kier molecular flexibility index (Phi) is 6.04. The van der Waals surface area contributed by atoms with Gasteiger partial charge in [-0.25, -0.2) is 0 Å². The van der Waals surface area contributed by atoms with E-state index in [9.17, 15) is 4.79 Å². The molecule has 146 valence electrons. The lowest BCUT2D eigenvalue weighted by Gasteiger charge is -2.10. The number of hydrogen-bond acceptors (Lipinski definition) is 7. The van der Waals surface area contributed by atoms with Gasteiger partial charge in [0.1, 0.15) is 0 Å². The third-order valence-electron chi connectivity index (χ3n) is 4.34. The van der Waals surface area contributed by atoms with Gasteiger partial charge in [0.05, 0.1) is 19.5 Å². The van der Waals surface area contributed by atoms with Crippen LogP contribution in [0.4, 0.5) is 0 Å². The molecular formula is C21H22N2O4S. The lowest BCUT2D eigenvalue weighted by molar-refractivity contribution is 0.0993. The normalized spacial score (nSPS) is 11.9. The molecule has 1 unspecified atom stereocenters. The molecule has 0 radical (unpaired) electrons. The van der Waals surface area contributed by atoms with Gasteiger partial charge in [-0.15, -0.1) is 10.2 Å². The molecule has 0 N–H and O–H groups in total. The van der Waals surface area contributed by atoms with E-state index >= 15 is 0 Å². The number of aryl methyl sites for hydroxylation is 2. The zero-order valence-electron chi connectivity index (χ0n) is 16.5. The van der Waals surface area contributed by atoms with Gasteiger partial charge in [-0.05, 0) is 50.6 Å². The number of nitrogens with zero attached hydrogens (tertiary/aromatic N) is 2. The van der Waals surface area contributed by atoms with Crippen molar-refractivity contribution in [3.63, 3.8) is 0 Å². The van der Waals surface area contributed by atoms with Crippen molar-refractivity contribution in [3.8, 4) is 23.0 Å². The molecule has 1 heterocycles. The minimum absolute atomic E-state index is 0.0390. The molecule has 1 atom stereocenters. The largest absolute Gasteiger partial charge is 0.493 e. The fraction of sp³-hybridized carbons (Fsp3) is 0.286. The fourth-order valence-electron chi connectivity index (χ4n) is 2.77. The second-order valence-corrected chi connectivity index (χ2v) is 7.68. The minimum Gasteiger partial charge on any atom is -0.493 e. The molecule has 1 aromatic heterocycles. The monoisotopic (exact) mass is 398 g/mol. The number of aromatic nitrogens is 2. The third kappa shape index (κ3) is 4.20. The van der Waals surface area contributed by atoms with Gasteiger partial charge < -0.3 is 13.9 Å². The first-order valence-electron chi connectivity index (χ1n) is 8.77. The molecule has 0 fully saturated rings. The van der Waals surface area contributed by atoms with Gasteiger partial charge in [0.25, 0.3) is 5.22 Å². The summed E-state index contributed by atoms with van der Waals surface area (Å²) in [5.41, 5.74) is 3.45. The van der Waals surface area contributed by atoms with Crippen molar-refractivity contribution in [1.29, 1.82) is 0 Å². The van der Waals surface area contributed by atoms with Crippen molar-refractivity contribution in [2.45, 2.75) is 31.2 Å². The molecule has 0 saturated heterocycles. The molecule has 2 aromatic carbocycles. The van der Waals surface area contributed by atoms with Crippen LogP contribution in [0.3, 0.4) is 0 Å². The molecule has 0 aliphatic carbocycles. The number of methoxy groups -OCH3 is 2. The van der Waals surface area contributed by atoms with Crippen molar-refractivity contribution >= 4 is 17.5 Å². The van der Waals surface area contributed by atoms with Gasteiger partial charge >= 0.3 is 0 Å². The smallest absolute Gasteiger partial charge is 0.277 e. The summed E-state index contributed by atoms with van der Waals surface area (Å²) in [5, 5.41) is 8.15. The SMILES string of the molecule is COc1ccc(-c2nnc(SC(C)C(=O)c3cc(C)ccc3C)o2)cc1OC. The molecule has 3 rings (SSSR count). The predicted octanol–water partition coefficient (Wildman–Crippen LogP) is 4.73. The maximum atomic E-state index is 12.8. The van der Waals surface area contributed by atoms with E-state index in [1.807, 2.05) is 45.0 Å². The number of carbonyl (C=O) groups is 1. The number of rotatable bonds is 7. The number of ketones is 1. The van der Waals surface area contributed by atoms with Crippen molar-refractivity contribution in [2.75, 3.05) is 14.2 Å². The maximum absolute atomic E-state index is 12.8. The number of carbonyl (C=O) groups excluding carboxylic acids is 1. The molecule has 6 nitrogen and oxygen atoms in total. The van der Waals surface area contributed by atoms with Crippen LogP contribution in [0, 0.1) is 13.8 Å². The molecule has 0 aliphatic heterocycles. The van der Waals surface area contributed by atoms with Crippen LogP contribution in [0.25, 0.3) is 11.5 Å². The van der Waals surface area contributed by atoms with Crippen LogP contribution in [0.2, 0.25) is 0 Å². The minimum atomic E-state index is -0.348.